The summed E-state index contributed by atoms with van der Waals surface area (Å²) in [6.45, 7) is 10.3. The second-order valence-electron chi connectivity index (χ2n) is 2.64. The van der Waals surface area contributed by atoms with Gasteiger partial charge in [0.15, 0.2) is 0 Å². The normalized spacial score (nSPS) is 6.61. The molecule has 0 unspecified atom stereocenters. The number of rotatable bonds is 4. The van der Waals surface area contributed by atoms with Crippen molar-refractivity contribution >= 4 is 6.08 Å². The zero-order valence-electron chi connectivity index (χ0n) is 11.9. The first kappa shape index (κ1) is 30.9. The first-order valence-corrected chi connectivity index (χ1v) is 5.81. The van der Waals surface area contributed by atoms with Gasteiger partial charge in [-0.05, 0) is 19.3 Å². The van der Waals surface area contributed by atoms with Gasteiger partial charge in [-0.2, -0.15) is 0 Å². The van der Waals surface area contributed by atoms with E-state index >= 15 is 0 Å². The Morgan fingerprint density at radius 2 is 1.17 bits per heavy atom. The first-order chi connectivity index (χ1) is 8.16. The monoisotopic (exact) mass is 340 g/mol. The van der Waals surface area contributed by atoms with Crippen LogP contribution >= 0.6 is 0 Å². The molecule has 0 aromatic heterocycles. The SMILES string of the molecule is CCCO.CCCO.CCCO.[CH2-]CN=C=O.[Zr]. The average molecular weight is 342 g/mol. The summed E-state index contributed by atoms with van der Waals surface area (Å²) >= 11 is 0. The molecule has 0 radical (unpaired) electrons. The van der Waals surface area contributed by atoms with E-state index < -0.39 is 0 Å². The molecule has 110 valence electrons. The van der Waals surface area contributed by atoms with Crippen LogP contribution in [-0.2, 0) is 31.0 Å². The van der Waals surface area contributed by atoms with Crippen LogP contribution in [0.5, 0.6) is 0 Å². The Bertz CT molecular complexity index is 116. The van der Waals surface area contributed by atoms with Crippen molar-refractivity contribution < 1.29 is 46.3 Å². The van der Waals surface area contributed by atoms with Crippen LogP contribution in [0.2, 0.25) is 0 Å². The van der Waals surface area contributed by atoms with Gasteiger partial charge in [-0.15, -0.1) is 0 Å². The molecule has 0 spiro atoms. The number of aliphatic imine (C=N–C) groups is 1. The van der Waals surface area contributed by atoms with Gasteiger partial charge in [-0.1, -0.05) is 27.3 Å². The van der Waals surface area contributed by atoms with Gasteiger partial charge in [0, 0.05) is 46.0 Å². The molecule has 0 atom stereocenters. The Hall–Kier alpha value is 0.143. The van der Waals surface area contributed by atoms with E-state index in [9.17, 15) is 0 Å². The standard InChI is InChI=1S/C3H4NO.3C3H8O.Zr/c1-2-4-3-5;3*1-2-3-4;/h1-2H2;3*4H,2-3H2,1H3;/q-1;;;;. The maximum absolute atomic E-state index is 9.07. The molecule has 0 rings (SSSR count). The van der Waals surface area contributed by atoms with E-state index in [2.05, 4.69) is 11.9 Å². The minimum absolute atomic E-state index is 0. The van der Waals surface area contributed by atoms with Gasteiger partial charge in [0.25, 0.3) is 0 Å². The summed E-state index contributed by atoms with van der Waals surface area (Å²) in [4.78, 5) is 12.1. The molecule has 0 aliphatic carbocycles. The predicted molar refractivity (Wildman–Crippen MR) is 70.5 cm³/mol. The van der Waals surface area contributed by atoms with Crippen molar-refractivity contribution in [3.8, 4) is 0 Å². The summed E-state index contributed by atoms with van der Waals surface area (Å²) in [6.07, 6.45) is 3.95. The van der Waals surface area contributed by atoms with Crippen LogP contribution in [0, 0.1) is 6.92 Å². The number of aliphatic hydroxyl groups is 3. The molecule has 0 saturated carbocycles. The van der Waals surface area contributed by atoms with Crippen LogP contribution < -0.4 is 0 Å². The Balaban J connectivity index is -0.0000000412. The first-order valence-electron chi connectivity index (χ1n) is 5.81. The van der Waals surface area contributed by atoms with Crippen LogP contribution in [0.3, 0.4) is 0 Å². The third kappa shape index (κ3) is 140. The van der Waals surface area contributed by atoms with Crippen molar-refractivity contribution in [1.29, 1.82) is 0 Å². The van der Waals surface area contributed by atoms with Crippen LogP contribution in [0.4, 0.5) is 0 Å². The maximum atomic E-state index is 9.07. The molecule has 0 saturated heterocycles. The summed E-state index contributed by atoms with van der Waals surface area (Å²) in [7, 11) is 0. The quantitative estimate of drug-likeness (QED) is 0.409. The molecular formula is C12H28NO4Zr-. The van der Waals surface area contributed by atoms with Crippen molar-refractivity contribution in [3.63, 3.8) is 0 Å². The molecule has 0 heterocycles. The van der Waals surface area contributed by atoms with Crippen molar-refractivity contribution in [3.05, 3.63) is 6.92 Å². The summed E-state index contributed by atoms with van der Waals surface area (Å²) < 4.78 is 0. The van der Waals surface area contributed by atoms with E-state index in [-0.39, 0.29) is 26.2 Å². The van der Waals surface area contributed by atoms with Gasteiger partial charge >= 0.3 is 0 Å². The Morgan fingerprint density at radius 1 is 0.944 bits per heavy atom. The van der Waals surface area contributed by atoms with Crippen molar-refractivity contribution in [2.24, 2.45) is 4.99 Å². The van der Waals surface area contributed by atoms with E-state index in [4.69, 9.17) is 20.1 Å². The van der Waals surface area contributed by atoms with Gasteiger partial charge in [-0.3, -0.25) is 0 Å². The van der Waals surface area contributed by atoms with Crippen molar-refractivity contribution in [1.82, 2.24) is 0 Å². The third-order valence-electron chi connectivity index (χ3n) is 0.847. The van der Waals surface area contributed by atoms with E-state index in [1.807, 2.05) is 20.8 Å². The fourth-order valence-corrected chi connectivity index (χ4v) is 0.0456. The number of aliphatic hydroxyl groups excluding tert-OH is 3. The van der Waals surface area contributed by atoms with Crippen LogP contribution in [0.1, 0.15) is 40.0 Å². The molecule has 3 N–H and O–H groups in total. The number of hydrogen-bond donors (Lipinski definition) is 3. The van der Waals surface area contributed by atoms with Crippen LogP contribution in [0.25, 0.3) is 0 Å². The summed E-state index contributed by atoms with van der Waals surface area (Å²) in [5.41, 5.74) is 0. The molecule has 6 heteroatoms. The summed E-state index contributed by atoms with van der Waals surface area (Å²) in [5, 5.41) is 23.6. The number of nitrogens with zero attached hydrogens (tertiary/aromatic N) is 1. The second-order valence-corrected chi connectivity index (χ2v) is 2.64. The van der Waals surface area contributed by atoms with E-state index in [0.717, 1.165) is 19.3 Å². The van der Waals surface area contributed by atoms with Crippen LogP contribution in [0.15, 0.2) is 4.99 Å². The molecule has 0 fully saturated rings. The van der Waals surface area contributed by atoms with Crippen molar-refractivity contribution in [2.45, 2.75) is 40.0 Å². The van der Waals surface area contributed by atoms with Gasteiger partial charge in [0.05, 0.1) is 0 Å². The van der Waals surface area contributed by atoms with Gasteiger partial charge in [0.1, 0.15) is 0 Å². The molecular weight excluding hydrogens is 313 g/mol. The maximum Gasteiger partial charge on any atom is 0.232 e. The molecule has 0 amide bonds. The van der Waals surface area contributed by atoms with Gasteiger partial charge in [0.2, 0.25) is 6.08 Å². The Labute approximate surface area is 130 Å². The number of carbonyl (C=O) groups excluding carboxylic acids is 1. The molecule has 5 nitrogen and oxygen atoms in total. The smallest absolute Gasteiger partial charge is 0.232 e. The molecule has 0 aliphatic heterocycles. The van der Waals surface area contributed by atoms with E-state index in [1.165, 1.54) is 6.08 Å². The summed E-state index contributed by atoms with van der Waals surface area (Å²) in [5.74, 6) is 0. The fraction of sp³-hybridized carbons (Fsp3) is 0.833. The Kier molecular flexibility index (Phi) is 91.6. The zero-order chi connectivity index (χ0) is 14.4. The minimum atomic E-state index is 0. The second kappa shape index (κ2) is 53.4. The molecule has 0 bridgehead atoms. The van der Waals surface area contributed by atoms with Crippen LogP contribution in [-0.4, -0.2) is 47.8 Å². The number of isocyanates is 1. The summed E-state index contributed by atoms with van der Waals surface area (Å²) in [6, 6.07) is 0. The number of hydrogen-bond acceptors (Lipinski definition) is 5. The van der Waals surface area contributed by atoms with E-state index in [0.29, 0.717) is 26.4 Å². The average Bonchev–Trinajstić information content (AvgIpc) is 2.40. The van der Waals surface area contributed by atoms with Gasteiger partial charge in [-0.25, -0.2) is 9.79 Å². The van der Waals surface area contributed by atoms with Crippen molar-refractivity contribution in [2.75, 3.05) is 26.4 Å². The van der Waals surface area contributed by atoms with Gasteiger partial charge < -0.3 is 22.2 Å². The molecule has 0 aliphatic rings. The Morgan fingerprint density at radius 3 is 1.17 bits per heavy atom. The molecule has 0 aromatic carbocycles. The van der Waals surface area contributed by atoms with E-state index in [1.54, 1.807) is 0 Å². The largest absolute Gasteiger partial charge is 0.396 e. The molecule has 0 aromatic rings. The zero-order valence-corrected chi connectivity index (χ0v) is 14.3. The minimum Gasteiger partial charge on any atom is -0.396 e. The molecule has 18 heavy (non-hydrogen) atoms. The fourth-order valence-electron chi connectivity index (χ4n) is 0.0456. The predicted octanol–water partition coefficient (Wildman–Crippen LogP) is 1.32. The third-order valence-corrected chi connectivity index (χ3v) is 0.847. The topological polar surface area (TPSA) is 90.1 Å².